The molecule has 2 atom stereocenters. The Labute approximate surface area is 124 Å². The molecule has 2 rings (SSSR count). The Morgan fingerprint density at radius 1 is 1.43 bits per heavy atom. The molecule has 21 heavy (non-hydrogen) atoms. The summed E-state index contributed by atoms with van der Waals surface area (Å²) in [6, 6.07) is 7.45. The number of aliphatic carboxylic acids is 1. The fourth-order valence-corrected chi connectivity index (χ4v) is 2.70. The summed E-state index contributed by atoms with van der Waals surface area (Å²) in [5, 5.41) is 9.37. The zero-order valence-electron chi connectivity index (χ0n) is 12.6. The molecule has 5 nitrogen and oxygen atoms in total. The number of hydrogen-bond donors (Lipinski definition) is 1. The van der Waals surface area contributed by atoms with Gasteiger partial charge in [-0.25, -0.2) is 4.79 Å². The fourth-order valence-electron chi connectivity index (χ4n) is 2.70. The second-order valence-electron chi connectivity index (χ2n) is 5.75. The number of carboxylic acids is 1. The normalized spacial score (nSPS) is 22.9. The van der Waals surface area contributed by atoms with E-state index < -0.39 is 17.6 Å². The van der Waals surface area contributed by atoms with E-state index in [9.17, 15) is 14.7 Å². The molecule has 1 heterocycles. The van der Waals surface area contributed by atoms with E-state index >= 15 is 0 Å². The van der Waals surface area contributed by atoms with Crippen LogP contribution >= 0.6 is 0 Å². The number of carbonyl (C=O) groups excluding carboxylic acids is 1. The van der Waals surface area contributed by atoms with Gasteiger partial charge in [-0.05, 0) is 51.3 Å². The summed E-state index contributed by atoms with van der Waals surface area (Å²) in [6.07, 6.45) is 0.473. The highest BCUT2D eigenvalue weighted by Crippen LogP contribution is 2.30. The quantitative estimate of drug-likeness (QED) is 0.923. The number of carboxylic acid groups (broad SMARTS) is 1. The Bertz CT molecular complexity index is 557. The summed E-state index contributed by atoms with van der Waals surface area (Å²) >= 11 is 0. The molecule has 114 valence electrons. The maximum Gasteiger partial charge on any atom is 0.329 e. The largest absolute Gasteiger partial charge is 0.481 e. The van der Waals surface area contributed by atoms with Crippen molar-refractivity contribution >= 4 is 11.9 Å². The van der Waals surface area contributed by atoms with Gasteiger partial charge < -0.3 is 14.7 Å². The topological polar surface area (TPSA) is 66.8 Å². The third kappa shape index (κ3) is 3.01. The van der Waals surface area contributed by atoms with Crippen molar-refractivity contribution in [3.05, 3.63) is 29.8 Å². The van der Waals surface area contributed by atoms with Gasteiger partial charge in [-0.1, -0.05) is 12.1 Å². The molecule has 1 saturated heterocycles. The maximum absolute atomic E-state index is 12.5. The molecule has 1 aromatic carbocycles. The fraction of sp³-hybridized carbons (Fsp3) is 0.500. The van der Waals surface area contributed by atoms with Crippen molar-refractivity contribution in [1.29, 1.82) is 0 Å². The van der Waals surface area contributed by atoms with Crippen LogP contribution in [-0.2, 0) is 9.59 Å². The van der Waals surface area contributed by atoms with Crippen LogP contribution in [0.5, 0.6) is 5.75 Å². The minimum Gasteiger partial charge on any atom is -0.481 e. The molecule has 1 fully saturated rings. The van der Waals surface area contributed by atoms with Crippen LogP contribution in [0.15, 0.2) is 24.3 Å². The van der Waals surface area contributed by atoms with E-state index in [0.717, 1.165) is 5.56 Å². The number of aryl methyl sites for hydroxylation is 1. The molecule has 1 aliphatic heterocycles. The van der Waals surface area contributed by atoms with Crippen molar-refractivity contribution in [1.82, 2.24) is 4.90 Å². The van der Waals surface area contributed by atoms with Gasteiger partial charge in [0.2, 0.25) is 0 Å². The molecule has 0 saturated carbocycles. The standard InChI is InChI=1S/C16H21NO4/c1-11-6-4-7-13(10-11)21-12(2)14(18)17-9-5-8-16(17,3)15(19)20/h4,6-7,10,12H,5,8-9H2,1-3H3,(H,19,20). The Morgan fingerprint density at radius 2 is 2.14 bits per heavy atom. The Balaban J connectivity index is 2.10. The summed E-state index contributed by atoms with van der Waals surface area (Å²) in [4.78, 5) is 25.3. The summed E-state index contributed by atoms with van der Waals surface area (Å²) in [6.45, 7) is 5.66. The molecule has 5 heteroatoms. The van der Waals surface area contributed by atoms with Crippen LogP contribution < -0.4 is 4.74 Å². The predicted molar refractivity (Wildman–Crippen MR) is 78.3 cm³/mol. The number of ether oxygens (including phenoxy) is 1. The number of hydrogen-bond acceptors (Lipinski definition) is 3. The highest BCUT2D eigenvalue weighted by molar-refractivity contribution is 5.89. The molecule has 1 aliphatic rings. The summed E-state index contributed by atoms with van der Waals surface area (Å²) in [7, 11) is 0. The third-order valence-electron chi connectivity index (χ3n) is 4.02. The van der Waals surface area contributed by atoms with E-state index in [0.29, 0.717) is 25.1 Å². The number of carbonyl (C=O) groups is 2. The maximum atomic E-state index is 12.5. The van der Waals surface area contributed by atoms with Gasteiger partial charge >= 0.3 is 5.97 Å². The average molecular weight is 291 g/mol. The predicted octanol–water partition coefficient (Wildman–Crippen LogP) is 2.23. The van der Waals surface area contributed by atoms with Crippen molar-refractivity contribution in [2.24, 2.45) is 0 Å². The SMILES string of the molecule is Cc1cccc(OC(C)C(=O)N2CCCC2(C)C(=O)O)c1. The number of rotatable bonds is 4. The lowest BCUT2D eigenvalue weighted by atomic mass is 9.99. The average Bonchev–Trinajstić information content (AvgIpc) is 2.81. The van der Waals surface area contributed by atoms with Gasteiger partial charge in [0.15, 0.2) is 6.10 Å². The Hall–Kier alpha value is -2.04. The second kappa shape index (κ2) is 5.76. The van der Waals surface area contributed by atoms with Crippen LogP contribution in [0.3, 0.4) is 0 Å². The van der Waals surface area contributed by atoms with Crippen molar-refractivity contribution in [3.63, 3.8) is 0 Å². The monoisotopic (exact) mass is 291 g/mol. The van der Waals surface area contributed by atoms with E-state index in [1.807, 2.05) is 25.1 Å². The smallest absolute Gasteiger partial charge is 0.329 e. The first-order valence-electron chi connectivity index (χ1n) is 7.13. The molecule has 1 aromatic rings. The minimum atomic E-state index is -1.12. The van der Waals surface area contributed by atoms with Crippen molar-refractivity contribution in [3.8, 4) is 5.75 Å². The molecule has 0 aliphatic carbocycles. The lowest BCUT2D eigenvalue weighted by Gasteiger charge is -2.33. The molecule has 1 amide bonds. The summed E-state index contributed by atoms with van der Waals surface area (Å²) < 4.78 is 5.66. The molecule has 0 radical (unpaired) electrons. The van der Waals surface area contributed by atoms with Gasteiger partial charge in [0, 0.05) is 6.54 Å². The van der Waals surface area contributed by atoms with Crippen molar-refractivity contribution < 1.29 is 19.4 Å². The van der Waals surface area contributed by atoms with E-state index in [1.54, 1.807) is 19.9 Å². The Morgan fingerprint density at radius 3 is 2.76 bits per heavy atom. The van der Waals surface area contributed by atoms with Crippen molar-refractivity contribution in [2.75, 3.05) is 6.54 Å². The molecule has 1 N–H and O–H groups in total. The number of benzene rings is 1. The lowest BCUT2D eigenvalue weighted by molar-refractivity contribution is -0.157. The zero-order valence-corrected chi connectivity index (χ0v) is 12.6. The first-order valence-corrected chi connectivity index (χ1v) is 7.13. The molecular weight excluding hydrogens is 270 g/mol. The van der Waals surface area contributed by atoms with Gasteiger partial charge in [0.1, 0.15) is 11.3 Å². The highest BCUT2D eigenvalue weighted by Gasteiger charge is 2.47. The van der Waals surface area contributed by atoms with Crippen molar-refractivity contribution in [2.45, 2.75) is 45.3 Å². The highest BCUT2D eigenvalue weighted by atomic mass is 16.5. The second-order valence-corrected chi connectivity index (χ2v) is 5.75. The lowest BCUT2D eigenvalue weighted by Crippen LogP contribution is -2.54. The molecule has 0 spiro atoms. The number of amides is 1. The minimum absolute atomic E-state index is 0.279. The van der Waals surface area contributed by atoms with E-state index in [4.69, 9.17) is 4.74 Å². The van der Waals surface area contributed by atoms with Gasteiger partial charge in [0.05, 0.1) is 0 Å². The number of nitrogens with zero attached hydrogens (tertiary/aromatic N) is 1. The van der Waals surface area contributed by atoms with Crippen LogP contribution in [0.1, 0.15) is 32.3 Å². The number of likely N-dealkylation sites (tertiary alicyclic amines) is 1. The van der Waals surface area contributed by atoms with Crippen LogP contribution in [0.2, 0.25) is 0 Å². The summed E-state index contributed by atoms with van der Waals surface area (Å²) in [5.74, 6) is -0.623. The third-order valence-corrected chi connectivity index (χ3v) is 4.02. The van der Waals surface area contributed by atoms with Gasteiger partial charge in [-0.3, -0.25) is 4.79 Å². The summed E-state index contributed by atoms with van der Waals surface area (Å²) in [5.41, 5.74) is -0.0786. The van der Waals surface area contributed by atoms with Crippen LogP contribution in [0, 0.1) is 6.92 Å². The molecule has 0 aromatic heterocycles. The van der Waals surface area contributed by atoms with Crippen LogP contribution in [0.4, 0.5) is 0 Å². The van der Waals surface area contributed by atoms with E-state index in [-0.39, 0.29) is 5.91 Å². The molecule has 2 unspecified atom stereocenters. The Kier molecular flexibility index (Phi) is 4.21. The molecular formula is C16H21NO4. The van der Waals surface area contributed by atoms with Gasteiger partial charge in [0.25, 0.3) is 5.91 Å². The van der Waals surface area contributed by atoms with Crippen LogP contribution in [0.25, 0.3) is 0 Å². The first-order chi connectivity index (χ1) is 9.84. The van der Waals surface area contributed by atoms with E-state index in [1.165, 1.54) is 4.90 Å². The zero-order chi connectivity index (χ0) is 15.6. The van der Waals surface area contributed by atoms with Gasteiger partial charge in [-0.2, -0.15) is 0 Å². The van der Waals surface area contributed by atoms with Gasteiger partial charge in [-0.15, -0.1) is 0 Å². The first kappa shape index (κ1) is 15.4. The molecule has 0 bridgehead atoms. The van der Waals surface area contributed by atoms with Crippen LogP contribution in [-0.4, -0.2) is 40.1 Å². The van der Waals surface area contributed by atoms with E-state index in [2.05, 4.69) is 0 Å².